The minimum Gasteiger partial charge on any atom is -0.393 e. The highest BCUT2D eigenvalue weighted by atomic mass is 79.9. The van der Waals surface area contributed by atoms with E-state index in [1.165, 1.54) is 12.1 Å². The molecule has 3 N–H and O–H groups in total. The minimum atomic E-state index is -0.577. The molecule has 2 aromatic rings. The Morgan fingerprint density at radius 3 is 2.48 bits per heavy atom. The zero-order chi connectivity index (χ0) is 15.4. The highest BCUT2D eigenvalue weighted by Gasteiger charge is 2.12. The number of nitrogens with one attached hydrogen (secondary N) is 1. The second kappa shape index (κ2) is 6.78. The average Bonchev–Trinajstić information content (AvgIpc) is 2.40. The maximum atomic E-state index is 13.7. The van der Waals surface area contributed by atoms with Crippen LogP contribution < -0.4 is 11.1 Å². The Kier molecular flexibility index (Phi) is 5.03. The molecule has 0 unspecified atom stereocenters. The fourth-order valence-electron chi connectivity index (χ4n) is 1.78. The van der Waals surface area contributed by atoms with Gasteiger partial charge in [0.1, 0.15) is 5.82 Å². The molecular weight excluding hydrogens is 355 g/mol. The molecule has 0 heterocycles. The van der Waals surface area contributed by atoms with Crippen LogP contribution in [-0.4, -0.2) is 10.9 Å². The molecule has 2 aromatic carbocycles. The SMILES string of the molecule is NC(=S)Cc1ccc(NC(=O)c2ccc(Br)cc2F)cc1. The highest BCUT2D eigenvalue weighted by Crippen LogP contribution is 2.17. The van der Waals surface area contributed by atoms with Crippen molar-refractivity contribution in [3.63, 3.8) is 0 Å². The number of anilines is 1. The van der Waals surface area contributed by atoms with Crippen LogP contribution in [0.1, 0.15) is 15.9 Å². The molecule has 6 heteroatoms. The number of carbonyl (C=O) groups excluding carboxylic acids is 1. The van der Waals surface area contributed by atoms with Crippen LogP contribution in [0.15, 0.2) is 46.9 Å². The monoisotopic (exact) mass is 366 g/mol. The molecule has 0 atom stereocenters. The number of thiocarbonyl (C=S) groups is 1. The van der Waals surface area contributed by atoms with Gasteiger partial charge in [0.2, 0.25) is 0 Å². The first-order valence-electron chi connectivity index (χ1n) is 6.09. The van der Waals surface area contributed by atoms with Crippen molar-refractivity contribution < 1.29 is 9.18 Å². The summed E-state index contributed by atoms with van der Waals surface area (Å²) in [6, 6.07) is 11.4. The van der Waals surface area contributed by atoms with Gasteiger partial charge in [0.15, 0.2) is 0 Å². The third kappa shape index (κ3) is 4.34. The van der Waals surface area contributed by atoms with Gasteiger partial charge in [0, 0.05) is 16.6 Å². The van der Waals surface area contributed by atoms with Crippen molar-refractivity contribution in [1.82, 2.24) is 0 Å². The van der Waals surface area contributed by atoms with E-state index in [1.807, 2.05) is 12.1 Å². The van der Waals surface area contributed by atoms with Crippen LogP contribution in [-0.2, 0) is 6.42 Å². The Bertz CT molecular complexity index is 689. The number of amides is 1. The smallest absolute Gasteiger partial charge is 0.258 e. The number of benzene rings is 2. The van der Waals surface area contributed by atoms with E-state index in [1.54, 1.807) is 18.2 Å². The maximum absolute atomic E-state index is 13.7. The van der Waals surface area contributed by atoms with Crippen LogP contribution >= 0.6 is 28.1 Å². The lowest BCUT2D eigenvalue weighted by atomic mass is 10.1. The van der Waals surface area contributed by atoms with E-state index in [-0.39, 0.29) is 5.56 Å². The second-order valence-electron chi connectivity index (χ2n) is 4.42. The molecule has 108 valence electrons. The van der Waals surface area contributed by atoms with Gasteiger partial charge in [-0.05, 0) is 35.9 Å². The molecule has 0 aliphatic rings. The molecule has 3 nitrogen and oxygen atoms in total. The van der Waals surface area contributed by atoms with Crippen molar-refractivity contribution in [3.8, 4) is 0 Å². The number of hydrogen-bond donors (Lipinski definition) is 2. The first-order chi connectivity index (χ1) is 9.95. The lowest BCUT2D eigenvalue weighted by Gasteiger charge is -2.07. The summed E-state index contributed by atoms with van der Waals surface area (Å²) in [6.07, 6.45) is 0.505. The van der Waals surface area contributed by atoms with Crippen molar-refractivity contribution in [2.75, 3.05) is 5.32 Å². The summed E-state index contributed by atoms with van der Waals surface area (Å²) in [5.74, 6) is -1.07. The lowest BCUT2D eigenvalue weighted by molar-refractivity contribution is 0.102. The van der Waals surface area contributed by atoms with E-state index in [9.17, 15) is 9.18 Å². The van der Waals surface area contributed by atoms with Crippen LogP contribution in [0.5, 0.6) is 0 Å². The summed E-state index contributed by atoms with van der Waals surface area (Å²) < 4.78 is 14.3. The van der Waals surface area contributed by atoms with Gasteiger partial charge in [-0.1, -0.05) is 40.3 Å². The Labute approximate surface area is 135 Å². The summed E-state index contributed by atoms with van der Waals surface area (Å²) >= 11 is 7.98. The zero-order valence-electron chi connectivity index (χ0n) is 10.9. The molecule has 21 heavy (non-hydrogen) atoms. The van der Waals surface area contributed by atoms with Crippen molar-refractivity contribution in [2.45, 2.75) is 6.42 Å². The first kappa shape index (κ1) is 15.6. The van der Waals surface area contributed by atoms with Crippen LogP contribution in [0, 0.1) is 5.82 Å². The first-order valence-corrected chi connectivity index (χ1v) is 7.29. The Balaban J connectivity index is 2.10. The molecule has 0 saturated carbocycles. The molecule has 0 aliphatic heterocycles. The predicted molar refractivity (Wildman–Crippen MR) is 89.0 cm³/mol. The minimum absolute atomic E-state index is 0.00888. The molecule has 0 aromatic heterocycles. The van der Waals surface area contributed by atoms with Crippen molar-refractivity contribution in [3.05, 3.63) is 63.9 Å². The van der Waals surface area contributed by atoms with Crippen LogP contribution in [0.3, 0.4) is 0 Å². The predicted octanol–water partition coefficient (Wildman–Crippen LogP) is 3.67. The van der Waals surface area contributed by atoms with Gasteiger partial charge < -0.3 is 11.1 Å². The van der Waals surface area contributed by atoms with Crippen molar-refractivity contribution in [2.24, 2.45) is 5.73 Å². The standard InChI is InChI=1S/C15H12BrFN2OS/c16-10-3-6-12(13(17)8-10)15(20)19-11-4-1-9(2-5-11)7-14(18)21/h1-6,8H,7H2,(H2,18,21)(H,19,20). The van der Waals surface area contributed by atoms with E-state index in [0.29, 0.717) is 21.6 Å². The van der Waals surface area contributed by atoms with E-state index < -0.39 is 11.7 Å². The molecule has 0 aliphatic carbocycles. The Morgan fingerprint density at radius 2 is 1.90 bits per heavy atom. The van der Waals surface area contributed by atoms with Gasteiger partial charge in [-0.3, -0.25) is 4.79 Å². The lowest BCUT2D eigenvalue weighted by Crippen LogP contribution is -2.14. The Hall–Kier alpha value is -1.79. The third-order valence-electron chi connectivity index (χ3n) is 2.77. The number of carbonyl (C=O) groups is 1. The number of halogens is 2. The summed E-state index contributed by atoms with van der Waals surface area (Å²) in [5.41, 5.74) is 6.99. The molecule has 0 saturated heterocycles. The summed E-state index contributed by atoms with van der Waals surface area (Å²) in [4.78, 5) is 12.4. The Morgan fingerprint density at radius 1 is 1.24 bits per heavy atom. The van der Waals surface area contributed by atoms with Gasteiger partial charge in [-0.2, -0.15) is 0 Å². The van der Waals surface area contributed by atoms with Crippen molar-refractivity contribution in [1.29, 1.82) is 0 Å². The van der Waals surface area contributed by atoms with E-state index in [0.717, 1.165) is 5.56 Å². The molecule has 0 radical (unpaired) electrons. The average molecular weight is 367 g/mol. The number of rotatable bonds is 4. The number of nitrogens with two attached hydrogens (primary N) is 1. The number of hydrogen-bond acceptors (Lipinski definition) is 2. The fourth-order valence-corrected chi connectivity index (χ4v) is 2.28. The summed E-state index contributed by atoms with van der Waals surface area (Å²) in [6.45, 7) is 0. The van der Waals surface area contributed by atoms with Crippen LogP contribution in [0.4, 0.5) is 10.1 Å². The van der Waals surface area contributed by atoms with Gasteiger partial charge >= 0.3 is 0 Å². The van der Waals surface area contributed by atoms with Crippen LogP contribution in [0.25, 0.3) is 0 Å². The normalized spacial score (nSPS) is 10.2. The van der Waals surface area contributed by atoms with E-state index >= 15 is 0 Å². The quantitative estimate of drug-likeness (QED) is 0.811. The third-order valence-corrected chi connectivity index (χ3v) is 3.40. The molecule has 1 amide bonds. The van der Waals surface area contributed by atoms with Crippen molar-refractivity contribution >= 4 is 44.7 Å². The van der Waals surface area contributed by atoms with Gasteiger partial charge in [0.25, 0.3) is 5.91 Å². The van der Waals surface area contributed by atoms with Gasteiger partial charge in [0.05, 0.1) is 10.6 Å². The zero-order valence-corrected chi connectivity index (χ0v) is 13.3. The molecular formula is C15H12BrFN2OS. The molecule has 2 rings (SSSR count). The maximum Gasteiger partial charge on any atom is 0.258 e. The van der Waals surface area contributed by atoms with E-state index in [2.05, 4.69) is 21.2 Å². The summed E-state index contributed by atoms with van der Waals surface area (Å²) in [7, 11) is 0. The van der Waals surface area contributed by atoms with E-state index in [4.69, 9.17) is 18.0 Å². The second-order valence-corrected chi connectivity index (χ2v) is 5.86. The molecule has 0 spiro atoms. The van der Waals surface area contributed by atoms with Gasteiger partial charge in [-0.15, -0.1) is 0 Å². The molecule has 0 bridgehead atoms. The topological polar surface area (TPSA) is 55.1 Å². The highest BCUT2D eigenvalue weighted by molar-refractivity contribution is 9.10. The summed E-state index contributed by atoms with van der Waals surface area (Å²) in [5, 5.41) is 2.64. The molecule has 0 fully saturated rings. The largest absolute Gasteiger partial charge is 0.393 e. The van der Waals surface area contributed by atoms with Crippen LogP contribution in [0.2, 0.25) is 0 Å². The van der Waals surface area contributed by atoms with Gasteiger partial charge in [-0.25, -0.2) is 4.39 Å². The fraction of sp³-hybridized carbons (Fsp3) is 0.0667.